The van der Waals surface area contributed by atoms with Crippen molar-refractivity contribution in [1.82, 2.24) is 0 Å². The second kappa shape index (κ2) is 5.21. The molecule has 8 rings (SSSR count). The molecule has 0 atom stereocenters. The first-order valence-electron chi connectivity index (χ1n) is 11.0. The summed E-state index contributed by atoms with van der Waals surface area (Å²) in [5.74, 6) is 0. The van der Waals surface area contributed by atoms with Crippen molar-refractivity contribution in [2.45, 2.75) is 25.7 Å². The van der Waals surface area contributed by atoms with E-state index in [4.69, 9.17) is 0 Å². The van der Waals surface area contributed by atoms with Crippen LogP contribution in [0.15, 0.2) is 72.8 Å². The van der Waals surface area contributed by atoms with Gasteiger partial charge in [0, 0.05) is 0 Å². The molecule has 0 nitrogen and oxygen atoms in total. The number of allylic oxidation sites excluding steroid dienone is 2. The van der Waals surface area contributed by atoms with Crippen LogP contribution in [0, 0.1) is 0 Å². The van der Waals surface area contributed by atoms with Gasteiger partial charge in [0.1, 0.15) is 0 Å². The van der Waals surface area contributed by atoms with Gasteiger partial charge in [-0.15, -0.1) is 0 Å². The molecule has 0 bridgehead atoms. The molecule has 4 aliphatic rings. The van der Waals surface area contributed by atoms with Gasteiger partial charge in [0.05, 0.1) is 0 Å². The summed E-state index contributed by atoms with van der Waals surface area (Å²) in [5.41, 5.74) is 21.1. The van der Waals surface area contributed by atoms with Crippen LogP contribution in [-0.4, -0.2) is 0 Å². The number of rotatable bonds is 0. The van der Waals surface area contributed by atoms with Crippen molar-refractivity contribution < 1.29 is 0 Å². The highest BCUT2D eigenvalue weighted by atomic mass is 14.4. The zero-order valence-electron chi connectivity index (χ0n) is 16.8. The molecule has 0 heterocycles. The standard InChI is InChI=1S/C30H20/c1-3-7-23-17(5-1)9-19-11-21-13-30-28-16-26-20(10-18-6-2-4-8-24(18)26)12-22(28)14-29(30)27(21)15-25(19)23/h1-8,11-12,15-16H,9-10,13-14H2. The van der Waals surface area contributed by atoms with Gasteiger partial charge in [0.15, 0.2) is 0 Å². The van der Waals surface area contributed by atoms with Crippen LogP contribution in [-0.2, 0) is 25.7 Å². The van der Waals surface area contributed by atoms with Gasteiger partial charge >= 0.3 is 0 Å². The Kier molecular flexibility index (Phi) is 2.68. The van der Waals surface area contributed by atoms with Gasteiger partial charge in [-0.2, -0.15) is 0 Å². The van der Waals surface area contributed by atoms with E-state index in [1.165, 1.54) is 66.8 Å². The van der Waals surface area contributed by atoms with E-state index in [0.29, 0.717) is 0 Å². The molecule has 0 saturated heterocycles. The molecule has 0 saturated carbocycles. The predicted molar refractivity (Wildman–Crippen MR) is 124 cm³/mol. The molecule has 30 heavy (non-hydrogen) atoms. The Balaban J connectivity index is 1.28. The lowest BCUT2D eigenvalue weighted by Gasteiger charge is -2.12. The molecule has 4 aromatic rings. The maximum Gasteiger partial charge on any atom is -0.00105 e. The van der Waals surface area contributed by atoms with Gasteiger partial charge in [-0.05, 0) is 116 Å². The Hall–Kier alpha value is -3.38. The van der Waals surface area contributed by atoms with E-state index < -0.39 is 0 Å². The first kappa shape index (κ1) is 15.5. The first-order chi connectivity index (χ1) is 14.8. The van der Waals surface area contributed by atoms with Crippen LogP contribution in [0.1, 0.15) is 44.5 Å². The van der Waals surface area contributed by atoms with E-state index >= 15 is 0 Å². The summed E-state index contributed by atoms with van der Waals surface area (Å²) in [5, 5.41) is 0. The third kappa shape index (κ3) is 1.83. The summed E-state index contributed by atoms with van der Waals surface area (Å²) in [7, 11) is 0. The third-order valence-corrected chi connectivity index (χ3v) is 7.78. The van der Waals surface area contributed by atoms with Crippen molar-refractivity contribution in [2.75, 3.05) is 0 Å². The van der Waals surface area contributed by atoms with Crippen LogP contribution in [0.5, 0.6) is 0 Å². The third-order valence-electron chi connectivity index (χ3n) is 7.78. The predicted octanol–water partition coefficient (Wildman–Crippen LogP) is 6.85. The fraction of sp³-hybridized carbons (Fsp3) is 0.133. The van der Waals surface area contributed by atoms with E-state index in [1.54, 1.807) is 11.1 Å². The minimum absolute atomic E-state index is 1.09. The lowest BCUT2D eigenvalue weighted by Crippen LogP contribution is -1.95. The topological polar surface area (TPSA) is 0 Å². The molecule has 0 aromatic heterocycles. The van der Waals surface area contributed by atoms with Crippen molar-refractivity contribution in [3.05, 3.63) is 117 Å². The second-order valence-corrected chi connectivity index (χ2v) is 9.31. The molecule has 0 amide bonds. The molecule has 4 aliphatic carbocycles. The number of hydrogen-bond donors (Lipinski definition) is 0. The normalized spacial score (nSPS) is 16.0. The highest BCUT2D eigenvalue weighted by molar-refractivity contribution is 6.04. The molecule has 0 aliphatic heterocycles. The summed E-state index contributed by atoms with van der Waals surface area (Å²) in [6, 6.07) is 27.9. The molecule has 140 valence electrons. The highest BCUT2D eigenvalue weighted by Crippen LogP contribution is 2.51. The summed E-state index contributed by atoms with van der Waals surface area (Å²) < 4.78 is 0. The zero-order valence-corrected chi connectivity index (χ0v) is 16.8. The van der Waals surface area contributed by atoms with Crippen molar-refractivity contribution in [1.29, 1.82) is 0 Å². The number of hydrogen-bond acceptors (Lipinski definition) is 0. The van der Waals surface area contributed by atoms with Crippen molar-refractivity contribution in [2.24, 2.45) is 0 Å². The minimum Gasteiger partial charge on any atom is -0.0619 e. The highest BCUT2D eigenvalue weighted by Gasteiger charge is 2.33. The Morgan fingerprint density at radius 1 is 0.333 bits per heavy atom. The Bertz CT molecular complexity index is 1370. The molecule has 0 N–H and O–H groups in total. The van der Waals surface area contributed by atoms with Crippen molar-refractivity contribution >= 4 is 11.1 Å². The molecule has 0 radical (unpaired) electrons. The zero-order chi connectivity index (χ0) is 19.4. The van der Waals surface area contributed by atoms with Gasteiger partial charge in [0.25, 0.3) is 0 Å². The van der Waals surface area contributed by atoms with Crippen LogP contribution in [0.2, 0.25) is 0 Å². The van der Waals surface area contributed by atoms with Gasteiger partial charge in [-0.1, -0.05) is 60.7 Å². The van der Waals surface area contributed by atoms with Crippen molar-refractivity contribution in [3.63, 3.8) is 0 Å². The van der Waals surface area contributed by atoms with Crippen LogP contribution in [0.3, 0.4) is 0 Å². The lowest BCUT2D eigenvalue weighted by molar-refractivity contribution is 1.20. The van der Waals surface area contributed by atoms with Crippen LogP contribution in [0.25, 0.3) is 33.4 Å². The van der Waals surface area contributed by atoms with Gasteiger partial charge in [0.2, 0.25) is 0 Å². The minimum atomic E-state index is 1.09. The van der Waals surface area contributed by atoms with Gasteiger partial charge < -0.3 is 0 Å². The molecule has 0 spiro atoms. The molecular weight excluding hydrogens is 360 g/mol. The largest absolute Gasteiger partial charge is 0.0619 e. The number of benzene rings is 4. The Morgan fingerprint density at radius 3 is 1.27 bits per heavy atom. The van der Waals surface area contributed by atoms with E-state index in [9.17, 15) is 0 Å². The quantitative estimate of drug-likeness (QED) is 0.270. The molecule has 0 heteroatoms. The van der Waals surface area contributed by atoms with Crippen LogP contribution >= 0.6 is 0 Å². The smallest absolute Gasteiger partial charge is 0.00105 e. The lowest BCUT2D eigenvalue weighted by atomic mass is 9.92. The van der Waals surface area contributed by atoms with E-state index in [1.807, 2.05) is 0 Å². The monoisotopic (exact) mass is 380 g/mol. The molecular formula is C30H20. The summed E-state index contributed by atoms with van der Waals surface area (Å²) >= 11 is 0. The fourth-order valence-corrected chi connectivity index (χ4v) is 6.43. The summed E-state index contributed by atoms with van der Waals surface area (Å²) in [6.07, 6.45) is 4.37. The fourth-order valence-electron chi connectivity index (χ4n) is 6.43. The van der Waals surface area contributed by atoms with E-state index in [-0.39, 0.29) is 0 Å². The number of fused-ring (bicyclic) bond motifs is 10. The van der Waals surface area contributed by atoms with Crippen molar-refractivity contribution in [3.8, 4) is 22.3 Å². The van der Waals surface area contributed by atoms with Gasteiger partial charge in [-0.25, -0.2) is 0 Å². The summed E-state index contributed by atoms with van der Waals surface area (Å²) in [6.45, 7) is 0. The molecule has 0 unspecified atom stereocenters. The Morgan fingerprint density at radius 2 is 0.767 bits per heavy atom. The van der Waals surface area contributed by atoms with Gasteiger partial charge in [-0.3, -0.25) is 0 Å². The molecule has 0 fully saturated rings. The van der Waals surface area contributed by atoms with Crippen LogP contribution < -0.4 is 0 Å². The SMILES string of the molecule is c1ccc2c(c1)Cc1cc3c(cc1-2)C1=C(C3)c2cc3c(cc2C1)Cc1ccccc1-3. The maximum absolute atomic E-state index is 2.51. The molecule has 4 aromatic carbocycles. The average molecular weight is 380 g/mol. The van der Waals surface area contributed by atoms with E-state index in [0.717, 1.165) is 25.7 Å². The second-order valence-electron chi connectivity index (χ2n) is 9.31. The average Bonchev–Trinajstić information content (AvgIpc) is 3.49. The summed E-state index contributed by atoms with van der Waals surface area (Å²) in [4.78, 5) is 0. The first-order valence-corrected chi connectivity index (χ1v) is 11.0. The maximum atomic E-state index is 2.51. The Labute approximate surface area is 176 Å². The van der Waals surface area contributed by atoms with Crippen LogP contribution in [0.4, 0.5) is 0 Å². The van der Waals surface area contributed by atoms with E-state index in [2.05, 4.69) is 72.8 Å².